The van der Waals surface area contributed by atoms with E-state index in [4.69, 9.17) is 9.47 Å². The number of piperidine rings is 1. The minimum Gasteiger partial charge on any atom is -0.382 e. The maximum atomic E-state index is 12.8. The van der Waals surface area contributed by atoms with E-state index in [0.717, 1.165) is 18.4 Å². The van der Waals surface area contributed by atoms with E-state index in [1.165, 1.54) is 0 Å². The summed E-state index contributed by atoms with van der Waals surface area (Å²) in [5.74, 6) is 0.423. The maximum Gasteiger partial charge on any atom is 0.243 e. The Morgan fingerprint density at radius 3 is 2.20 bits per heavy atom. The molecule has 5 nitrogen and oxygen atoms in total. The molecule has 1 aliphatic rings. The van der Waals surface area contributed by atoms with E-state index in [9.17, 15) is 8.42 Å². The van der Waals surface area contributed by atoms with Crippen LogP contribution in [0, 0.1) is 5.92 Å². The molecular weight excluding hydrogens is 338 g/mol. The number of sulfonamides is 1. The number of hydrogen-bond acceptors (Lipinski definition) is 4. The van der Waals surface area contributed by atoms with Crippen LogP contribution in [-0.4, -0.2) is 52.7 Å². The van der Waals surface area contributed by atoms with Gasteiger partial charge < -0.3 is 9.47 Å². The zero-order chi connectivity index (χ0) is 18.5. The second-order valence-corrected chi connectivity index (χ2v) is 9.63. The van der Waals surface area contributed by atoms with Gasteiger partial charge in [0.25, 0.3) is 0 Å². The summed E-state index contributed by atoms with van der Waals surface area (Å²) in [6.07, 6.45) is 1.68. The molecule has 1 aliphatic heterocycles. The molecular formula is C19H31NO4S. The second kappa shape index (κ2) is 8.62. The molecule has 1 heterocycles. The van der Waals surface area contributed by atoms with Crippen molar-refractivity contribution < 1.29 is 17.9 Å². The van der Waals surface area contributed by atoms with Crippen LogP contribution in [0.2, 0.25) is 0 Å². The molecule has 0 unspecified atom stereocenters. The number of nitrogens with zero attached hydrogens (tertiary/aromatic N) is 1. The van der Waals surface area contributed by atoms with E-state index in [1.807, 2.05) is 12.1 Å². The third-order valence-electron chi connectivity index (χ3n) is 4.72. The lowest BCUT2D eigenvalue weighted by molar-refractivity contribution is 0.0410. The first kappa shape index (κ1) is 20.4. The van der Waals surface area contributed by atoms with E-state index in [-0.39, 0.29) is 5.41 Å². The van der Waals surface area contributed by atoms with Crippen LogP contribution < -0.4 is 0 Å². The highest BCUT2D eigenvalue weighted by atomic mass is 32.2. The van der Waals surface area contributed by atoms with Crippen LogP contribution in [0.3, 0.4) is 0 Å². The average molecular weight is 370 g/mol. The van der Waals surface area contributed by atoms with Gasteiger partial charge in [-0.1, -0.05) is 32.9 Å². The van der Waals surface area contributed by atoms with Gasteiger partial charge in [-0.15, -0.1) is 0 Å². The SMILES string of the molecule is COCCOCC1CCN(S(=O)(=O)c2ccc(C(C)(C)C)cc2)CC1. The van der Waals surface area contributed by atoms with Gasteiger partial charge in [0.1, 0.15) is 0 Å². The molecule has 2 rings (SSSR count). The van der Waals surface area contributed by atoms with E-state index < -0.39 is 10.0 Å². The first-order chi connectivity index (χ1) is 11.7. The largest absolute Gasteiger partial charge is 0.382 e. The minimum absolute atomic E-state index is 0.0173. The maximum absolute atomic E-state index is 12.8. The van der Waals surface area contributed by atoms with Gasteiger partial charge in [0, 0.05) is 26.8 Å². The zero-order valence-corrected chi connectivity index (χ0v) is 16.6. The summed E-state index contributed by atoms with van der Waals surface area (Å²) >= 11 is 0. The van der Waals surface area contributed by atoms with Crippen LogP contribution in [0.1, 0.15) is 39.2 Å². The summed E-state index contributed by atoms with van der Waals surface area (Å²) in [6.45, 7) is 9.34. The fourth-order valence-corrected chi connectivity index (χ4v) is 4.45. The van der Waals surface area contributed by atoms with Gasteiger partial charge in [-0.05, 0) is 41.9 Å². The van der Waals surface area contributed by atoms with Crippen molar-refractivity contribution in [1.82, 2.24) is 4.31 Å². The third-order valence-corrected chi connectivity index (χ3v) is 6.63. The molecule has 1 saturated heterocycles. The van der Waals surface area contributed by atoms with Crippen LogP contribution in [0.15, 0.2) is 29.2 Å². The Kier molecular flexibility index (Phi) is 7.02. The topological polar surface area (TPSA) is 55.8 Å². The molecule has 0 N–H and O–H groups in total. The number of hydrogen-bond donors (Lipinski definition) is 0. The molecule has 6 heteroatoms. The number of ether oxygens (including phenoxy) is 2. The highest BCUT2D eigenvalue weighted by molar-refractivity contribution is 7.89. The molecule has 0 radical (unpaired) electrons. The van der Waals surface area contributed by atoms with Gasteiger partial charge >= 0.3 is 0 Å². The molecule has 0 aromatic heterocycles. The summed E-state index contributed by atoms with van der Waals surface area (Å²) < 4.78 is 37.8. The van der Waals surface area contributed by atoms with E-state index in [1.54, 1.807) is 23.5 Å². The Morgan fingerprint density at radius 1 is 1.08 bits per heavy atom. The standard InChI is InChI=1S/C19H31NO4S/c1-19(2,3)17-5-7-18(8-6-17)25(21,22)20-11-9-16(10-12-20)15-24-14-13-23-4/h5-8,16H,9-15H2,1-4H3. The first-order valence-electron chi connectivity index (χ1n) is 8.92. The van der Waals surface area contributed by atoms with Crippen LogP contribution in [0.4, 0.5) is 0 Å². The highest BCUT2D eigenvalue weighted by Gasteiger charge is 2.29. The predicted molar refractivity (Wildman–Crippen MR) is 99.3 cm³/mol. The van der Waals surface area contributed by atoms with Crippen LogP contribution in [-0.2, 0) is 24.9 Å². The molecule has 0 bridgehead atoms. The van der Waals surface area contributed by atoms with Crippen molar-refractivity contribution in [3.8, 4) is 0 Å². The van der Waals surface area contributed by atoms with Crippen molar-refractivity contribution in [3.05, 3.63) is 29.8 Å². The summed E-state index contributed by atoms with van der Waals surface area (Å²) in [5, 5.41) is 0. The molecule has 0 amide bonds. The molecule has 0 atom stereocenters. The Morgan fingerprint density at radius 2 is 1.68 bits per heavy atom. The normalized spacial score (nSPS) is 17.8. The van der Waals surface area contributed by atoms with Crippen molar-refractivity contribution in [3.63, 3.8) is 0 Å². The number of methoxy groups -OCH3 is 1. The molecule has 1 aromatic carbocycles. The lowest BCUT2D eigenvalue weighted by atomic mass is 9.87. The summed E-state index contributed by atoms with van der Waals surface area (Å²) in [6, 6.07) is 7.30. The van der Waals surface area contributed by atoms with Crippen molar-refractivity contribution in [2.75, 3.05) is 40.0 Å². The Hall–Kier alpha value is -0.950. The second-order valence-electron chi connectivity index (χ2n) is 7.69. The minimum atomic E-state index is -3.40. The van der Waals surface area contributed by atoms with Crippen molar-refractivity contribution in [2.24, 2.45) is 5.92 Å². The van der Waals surface area contributed by atoms with E-state index >= 15 is 0 Å². The van der Waals surface area contributed by atoms with Gasteiger partial charge in [-0.3, -0.25) is 0 Å². The lowest BCUT2D eigenvalue weighted by Gasteiger charge is -2.31. The van der Waals surface area contributed by atoms with Crippen molar-refractivity contribution in [2.45, 2.75) is 43.9 Å². The molecule has 0 saturated carbocycles. The number of benzene rings is 1. The van der Waals surface area contributed by atoms with Gasteiger partial charge in [0.2, 0.25) is 10.0 Å². The summed E-state index contributed by atoms with van der Waals surface area (Å²) in [5.41, 5.74) is 1.15. The van der Waals surface area contributed by atoms with Gasteiger partial charge in [0.15, 0.2) is 0 Å². The molecule has 1 aromatic rings. The lowest BCUT2D eigenvalue weighted by Crippen LogP contribution is -2.39. The fourth-order valence-electron chi connectivity index (χ4n) is 2.98. The Balaban J connectivity index is 1.93. The predicted octanol–water partition coefficient (Wildman–Crippen LogP) is 3.05. The molecule has 1 fully saturated rings. The summed E-state index contributed by atoms with van der Waals surface area (Å²) in [4.78, 5) is 0.385. The van der Waals surface area contributed by atoms with Gasteiger partial charge in [-0.2, -0.15) is 4.31 Å². The average Bonchev–Trinajstić information content (AvgIpc) is 2.58. The Labute approximate surface area is 152 Å². The molecule has 0 spiro atoms. The van der Waals surface area contributed by atoms with Crippen molar-refractivity contribution >= 4 is 10.0 Å². The molecule has 0 aliphatic carbocycles. The van der Waals surface area contributed by atoms with Crippen LogP contribution in [0.5, 0.6) is 0 Å². The van der Waals surface area contributed by atoms with E-state index in [2.05, 4.69) is 20.8 Å². The summed E-state index contributed by atoms with van der Waals surface area (Å²) in [7, 11) is -1.75. The monoisotopic (exact) mass is 369 g/mol. The quantitative estimate of drug-likeness (QED) is 0.693. The Bertz CT molecular complexity index is 626. The van der Waals surface area contributed by atoms with Gasteiger partial charge in [0.05, 0.1) is 18.1 Å². The van der Waals surface area contributed by atoms with E-state index in [0.29, 0.717) is 43.7 Å². The number of rotatable bonds is 7. The third kappa shape index (κ3) is 5.51. The van der Waals surface area contributed by atoms with Crippen LogP contribution >= 0.6 is 0 Å². The van der Waals surface area contributed by atoms with Crippen molar-refractivity contribution in [1.29, 1.82) is 0 Å². The molecule has 142 valence electrons. The zero-order valence-electron chi connectivity index (χ0n) is 15.8. The molecule has 25 heavy (non-hydrogen) atoms. The van der Waals surface area contributed by atoms with Crippen LogP contribution in [0.25, 0.3) is 0 Å². The smallest absolute Gasteiger partial charge is 0.243 e. The van der Waals surface area contributed by atoms with Gasteiger partial charge in [-0.25, -0.2) is 8.42 Å². The fraction of sp³-hybridized carbons (Fsp3) is 0.684. The highest BCUT2D eigenvalue weighted by Crippen LogP contribution is 2.27. The first-order valence-corrected chi connectivity index (χ1v) is 10.4.